The predicted molar refractivity (Wildman–Crippen MR) is 75.6 cm³/mol. The van der Waals surface area contributed by atoms with E-state index in [1.54, 1.807) is 24.3 Å². The Labute approximate surface area is 122 Å². The predicted octanol–water partition coefficient (Wildman–Crippen LogP) is 0.917. The highest BCUT2D eigenvalue weighted by atomic mass is 16.4. The van der Waals surface area contributed by atoms with Crippen molar-refractivity contribution >= 4 is 17.8 Å². The van der Waals surface area contributed by atoms with Gasteiger partial charge in [-0.05, 0) is 30.5 Å². The molecule has 2 rings (SSSR count). The minimum absolute atomic E-state index is 0.111. The SMILES string of the molecule is CC(=O)NCc1ccc(C(=O)NCC2(C(=O)O)CC2)cc1. The molecule has 1 aromatic carbocycles. The van der Waals surface area contributed by atoms with Crippen LogP contribution in [0.2, 0.25) is 0 Å². The molecule has 1 aliphatic rings. The highest BCUT2D eigenvalue weighted by Crippen LogP contribution is 2.45. The van der Waals surface area contributed by atoms with Crippen LogP contribution in [0.3, 0.4) is 0 Å². The van der Waals surface area contributed by atoms with E-state index < -0.39 is 11.4 Å². The third-order valence-corrected chi connectivity index (χ3v) is 3.65. The van der Waals surface area contributed by atoms with Gasteiger partial charge in [0.1, 0.15) is 0 Å². The summed E-state index contributed by atoms with van der Waals surface area (Å²) in [6, 6.07) is 6.84. The number of amides is 2. The average Bonchev–Trinajstić information content (AvgIpc) is 3.24. The highest BCUT2D eigenvalue weighted by molar-refractivity contribution is 5.94. The van der Waals surface area contributed by atoms with Gasteiger partial charge in [0.25, 0.3) is 5.91 Å². The summed E-state index contributed by atoms with van der Waals surface area (Å²) in [5.41, 5.74) is 0.606. The zero-order valence-electron chi connectivity index (χ0n) is 11.8. The first-order valence-corrected chi connectivity index (χ1v) is 6.78. The van der Waals surface area contributed by atoms with Gasteiger partial charge in [0.2, 0.25) is 5.91 Å². The molecule has 0 spiro atoms. The molecule has 3 N–H and O–H groups in total. The van der Waals surface area contributed by atoms with E-state index in [1.165, 1.54) is 6.92 Å². The molecule has 1 aromatic rings. The van der Waals surface area contributed by atoms with Gasteiger partial charge >= 0.3 is 5.97 Å². The molecule has 6 heteroatoms. The molecule has 0 radical (unpaired) electrons. The Morgan fingerprint density at radius 3 is 2.24 bits per heavy atom. The van der Waals surface area contributed by atoms with Crippen LogP contribution < -0.4 is 10.6 Å². The number of nitrogens with one attached hydrogen (secondary N) is 2. The molecule has 0 unspecified atom stereocenters. The van der Waals surface area contributed by atoms with Crippen molar-refractivity contribution in [1.82, 2.24) is 10.6 Å². The molecular weight excluding hydrogens is 272 g/mol. The Bertz CT molecular complexity index is 562. The number of aliphatic carboxylic acids is 1. The molecule has 1 saturated carbocycles. The van der Waals surface area contributed by atoms with Gasteiger partial charge in [-0.3, -0.25) is 14.4 Å². The third kappa shape index (κ3) is 3.81. The first-order chi connectivity index (χ1) is 9.93. The molecule has 0 atom stereocenters. The minimum atomic E-state index is -0.853. The Morgan fingerprint density at radius 2 is 1.76 bits per heavy atom. The molecular formula is C15H18N2O4. The van der Waals surface area contributed by atoms with Crippen LogP contribution in [0.1, 0.15) is 35.7 Å². The Balaban J connectivity index is 1.88. The third-order valence-electron chi connectivity index (χ3n) is 3.65. The van der Waals surface area contributed by atoms with Gasteiger partial charge < -0.3 is 15.7 Å². The van der Waals surface area contributed by atoms with E-state index in [2.05, 4.69) is 10.6 Å². The lowest BCUT2D eigenvalue weighted by atomic mass is 10.1. The number of rotatable bonds is 6. The zero-order chi connectivity index (χ0) is 15.5. The van der Waals surface area contributed by atoms with E-state index in [1.807, 2.05) is 0 Å². The molecule has 112 valence electrons. The Hall–Kier alpha value is -2.37. The first kappa shape index (κ1) is 15.0. The molecule has 0 aromatic heterocycles. The molecule has 0 saturated heterocycles. The second kappa shape index (κ2) is 5.95. The molecule has 0 heterocycles. The number of carboxylic acids is 1. The van der Waals surface area contributed by atoms with Gasteiger partial charge in [-0.15, -0.1) is 0 Å². The molecule has 0 aliphatic heterocycles. The van der Waals surface area contributed by atoms with Crippen molar-refractivity contribution in [2.24, 2.45) is 5.41 Å². The highest BCUT2D eigenvalue weighted by Gasteiger charge is 2.50. The normalized spacial score (nSPS) is 15.1. The maximum absolute atomic E-state index is 11.9. The van der Waals surface area contributed by atoms with Gasteiger partial charge in [-0.2, -0.15) is 0 Å². The van der Waals surface area contributed by atoms with Crippen LogP contribution in [-0.2, 0) is 16.1 Å². The first-order valence-electron chi connectivity index (χ1n) is 6.78. The molecule has 1 aliphatic carbocycles. The maximum atomic E-state index is 11.9. The fraction of sp³-hybridized carbons (Fsp3) is 0.400. The summed E-state index contributed by atoms with van der Waals surface area (Å²) < 4.78 is 0. The molecule has 1 fully saturated rings. The van der Waals surface area contributed by atoms with Crippen molar-refractivity contribution in [3.8, 4) is 0 Å². The smallest absolute Gasteiger partial charge is 0.311 e. The number of hydrogen-bond acceptors (Lipinski definition) is 3. The van der Waals surface area contributed by atoms with Crippen molar-refractivity contribution < 1.29 is 19.5 Å². The van der Waals surface area contributed by atoms with E-state index >= 15 is 0 Å². The van der Waals surface area contributed by atoms with E-state index in [4.69, 9.17) is 5.11 Å². The summed E-state index contributed by atoms with van der Waals surface area (Å²) in [5, 5.41) is 14.4. The van der Waals surface area contributed by atoms with E-state index in [9.17, 15) is 14.4 Å². The number of hydrogen-bond donors (Lipinski definition) is 3. The van der Waals surface area contributed by atoms with Crippen molar-refractivity contribution in [2.75, 3.05) is 6.54 Å². The largest absolute Gasteiger partial charge is 0.481 e. The zero-order valence-corrected chi connectivity index (χ0v) is 11.8. The average molecular weight is 290 g/mol. The fourth-order valence-electron chi connectivity index (χ4n) is 1.97. The Kier molecular flexibility index (Phi) is 4.26. The van der Waals surface area contributed by atoms with E-state index in [-0.39, 0.29) is 18.4 Å². The van der Waals surface area contributed by atoms with Crippen LogP contribution in [0, 0.1) is 5.41 Å². The quantitative estimate of drug-likeness (QED) is 0.726. The number of carboxylic acid groups (broad SMARTS) is 1. The molecule has 6 nitrogen and oxygen atoms in total. The summed E-state index contributed by atoms with van der Waals surface area (Å²) in [7, 11) is 0. The number of carbonyl (C=O) groups excluding carboxylic acids is 2. The lowest BCUT2D eigenvalue weighted by Crippen LogP contribution is -2.34. The van der Waals surface area contributed by atoms with E-state index in [0.29, 0.717) is 24.9 Å². The monoisotopic (exact) mass is 290 g/mol. The second-order valence-electron chi connectivity index (χ2n) is 5.37. The van der Waals surface area contributed by atoms with E-state index in [0.717, 1.165) is 5.56 Å². The van der Waals surface area contributed by atoms with Crippen LogP contribution in [0.25, 0.3) is 0 Å². The van der Waals surface area contributed by atoms with Gasteiger partial charge in [0.05, 0.1) is 5.41 Å². The van der Waals surface area contributed by atoms with Crippen LogP contribution in [0.4, 0.5) is 0 Å². The fourth-order valence-corrected chi connectivity index (χ4v) is 1.97. The standard InChI is InChI=1S/C15H18N2O4/c1-10(18)16-8-11-2-4-12(5-3-11)13(19)17-9-15(6-7-15)14(20)21/h2-5H,6-9H2,1H3,(H,16,18)(H,17,19)(H,20,21). The van der Waals surface area contributed by atoms with Crippen molar-refractivity contribution in [1.29, 1.82) is 0 Å². The summed E-state index contributed by atoms with van der Waals surface area (Å²) >= 11 is 0. The van der Waals surface area contributed by atoms with Crippen LogP contribution in [0.15, 0.2) is 24.3 Å². The van der Waals surface area contributed by atoms with Crippen molar-refractivity contribution in [3.05, 3.63) is 35.4 Å². The van der Waals surface area contributed by atoms with Gasteiger partial charge in [-0.25, -0.2) is 0 Å². The van der Waals surface area contributed by atoms with Gasteiger partial charge in [0, 0.05) is 25.6 Å². The minimum Gasteiger partial charge on any atom is -0.481 e. The summed E-state index contributed by atoms with van der Waals surface area (Å²) in [5.74, 6) is -1.25. The Morgan fingerprint density at radius 1 is 1.14 bits per heavy atom. The summed E-state index contributed by atoms with van der Waals surface area (Å²) in [4.78, 5) is 33.8. The molecule has 0 bridgehead atoms. The van der Waals surface area contributed by atoms with Crippen LogP contribution >= 0.6 is 0 Å². The van der Waals surface area contributed by atoms with Crippen molar-refractivity contribution in [3.63, 3.8) is 0 Å². The number of benzene rings is 1. The van der Waals surface area contributed by atoms with Crippen LogP contribution in [0.5, 0.6) is 0 Å². The lowest BCUT2D eigenvalue weighted by Gasteiger charge is -2.11. The van der Waals surface area contributed by atoms with Gasteiger partial charge in [0.15, 0.2) is 0 Å². The second-order valence-corrected chi connectivity index (χ2v) is 5.37. The topological polar surface area (TPSA) is 95.5 Å². The molecule has 21 heavy (non-hydrogen) atoms. The van der Waals surface area contributed by atoms with Crippen molar-refractivity contribution in [2.45, 2.75) is 26.3 Å². The maximum Gasteiger partial charge on any atom is 0.311 e. The van der Waals surface area contributed by atoms with Crippen LogP contribution in [-0.4, -0.2) is 29.4 Å². The summed E-state index contributed by atoms with van der Waals surface area (Å²) in [6.45, 7) is 2.02. The molecule has 2 amide bonds. The van der Waals surface area contributed by atoms with Gasteiger partial charge in [-0.1, -0.05) is 12.1 Å². The lowest BCUT2D eigenvalue weighted by molar-refractivity contribution is -0.143. The number of carbonyl (C=O) groups is 3. The summed E-state index contributed by atoms with van der Waals surface area (Å²) in [6.07, 6.45) is 1.22.